The van der Waals surface area contributed by atoms with Crippen molar-refractivity contribution in [2.24, 2.45) is 10.3 Å². The Hall–Kier alpha value is -2.36. The van der Waals surface area contributed by atoms with Crippen LogP contribution in [0.15, 0.2) is 58.9 Å². The molecular formula is C18H22N4. The first-order valence-corrected chi connectivity index (χ1v) is 7.77. The topological polar surface area (TPSA) is 31.2 Å². The van der Waals surface area contributed by atoms with Gasteiger partial charge in [-0.05, 0) is 43.2 Å². The van der Waals surface area contributed by atoms with Crippen molar-refractivity contribution < 1.29 is 0 Å². The SMILES string of the molecule is Cc1cccc(N2CCN(N=Nc3ccccc3)CC2)c1C. The van der Waals surface area contributed by atoms with Gasteiger partial charge in [-0.3, -0.25) is 5.01 Å². The first-order chi connectivity index (χ1) is 10.7. The fraction of sp³-hybridized carbons (Fsp3) is 0.333. The number of rotatable bonds is 3. The Bertz CT molecular complexity index is 643. The van der Waals surface area contributed by atoms with Crippen molar-refractivity contribution in [2.45, 2.75) is 13.8 Å². The third-order valence-electron chi connectivity index (χ3n) is 4.22. The smallest absolute Gasteiger partial charge is 0.0874 e. The van der Waals surface area contributed by atoms with E-state index in [9.17, 15) is 0 Å². The molecule has 0 saturated carbocycles. The van der Waals surface area contributed by atoms with Gasteiger partial charge in [0.15, 0.2) is 0 Å². The van der Waals surface area contributed by atoms with Crippen molar-refractivity contribution in [1.82, 2.24) is 5.01 Å². The monoisotopic (exact) mass is 294 g/mol. The van der Waals surface area contributed by atoms with E-state index in [1.807, 2.05) is 30.3 Å². The zero-order valence-corrected chi connectivity index (χ0v) is 13.2. The third kappa shape index (κ3) is 3.27. The number of anilines is 1. The summed E-state index contributed by atoms with van der Waals surface area (Å²) in [4.78, 5) is 2.44. The van der Waals surface area contributed by atoms with Crippen molar-refractivity contribution in [2.75, 3.05) is 31.1 Å². The third-order valence-corrected chi connectivity index (χ3v) is 4.22. The molecule has 1 aliphatic rings. The van der Waals surface area contributed by atoms with E-state index in [1.165, 1.54) is 16.8 Å². The molecule has 22 heavy (non-hydrogen) atoms. The number of hydrogen-bond donors (Lipinski definition) is 0. The lowest BCUT2D eigenvalue weighted by atomic mass is 10.1. The molecule has 0 N–H and O–H groups in total. The van der Waals surface area contributed by atoms with Crippen molar-refractivity contribution in [3.8, 4) is 0 Å². The average molecular weight is 294 g/mol. The van der Waals surface area contributed by atoms with Gasteiger partial charge in [0, 0.05) is 18.8 Å². The average Bonchev–Trinajstić information content (AvgIpc) is 2.57. The Labute approximate surface area is 132 Å². The number of aryl methyl sites for hydroxylation is 1. The van der Waals surface area contributed by atoms with E-state index < -0.39 is 0 Å². The lowest BCUT2D eigenvalue weighted by Gasteiger charge is -2.35. The molecule has 0 spiro atoms. The Morgan fingerprint density at radius 2 is 1.55 bits per heavy atom. The van der Waals surface area contributed by atoms with E-state index in [2.05, 4.69) is 52.3 Å². The minimum absolute atomic E-state index is 0.902. The van der Waals surface area contributed by atoms with E-state index in [0.29, 0.717) is 0 Å². The van der Waals surface area contributed by atoms with E-state index in [1.54, 1.807) is 0 Å². The molecule has 4 heteroatoms. The van der Waals surface area contributed by atoms with Gasteiger partial charge >= 0.3 is 0 Å². The van der Waals surface area contributed by atoms with Gasteiger partial charge in [-0.2, -0.15) is 0 Å². The first-order valence-electron chi connectivity index (χ1n) is 7.77. The maximum atomic E-state index is 4.35. The Morgan fingerprint density at radius 3 is 2.27 bits per heavy atom. The summed E-state index contributed by atoms with van der Waals surface area (Å²) in [5.41, 5.74) is 4.98. The van der Waals surface area contributed by atoms with Crippen LogP contribution in [0, 0.1) is 13.8 Å². The lowest BCUT2D eigenvalue weighted by Crippen LogP contribution is -2.44. The normalized spacial score (nSPS) is 15.5. The van der Waals surface area contributed by atoms with Crippen LogP contribution in [0.1, 0.15) is 11.1 Å². The van der Waals surface area contributed by atoms with Crippen LogP contribution in [0.5, 0.6) is 0 Å². The number of hydrogen-bond acceptors (Lipinski definition) is 3. The van der Waals surface area contributed by atoms with Crippen molar-refractivity contribution >= 4 is 11.4 Å². The second kappa shape index (κ2) is 6.60. The molecule has 2 aromatic carbocycles. The van der Waals surface area contributed by atoms with Crippen LogP contribution in [0.2, 0.25) is 0 Å². The summed E-state index contributed by atoms with van der Waals surface area (Å²) in [5.74, 6) is 0. The van der Waals surface area contributed by atoms with Gasteiger partial charge < -0.3 is 4.90 Å². The molecule has 1 aliphatic heterocycles. The van der Waals surface area contributed by atoms with Crippen LogP contribution in [-0.2, 0) is 0 Å². The number of piperazine rings is 1. The van der Waals surface area contributed by atoms with Gasteiger partial charge in [0.05, 0.1) is 18.8 Å². The molecular weight excluding hydrogens is 272 g/mol. The van der Waals surface area contributed by atoms with Crippen molar-refractivity contribution in [3.63, 3.8) is 0 Å². The predicted molar refractivity (Wildman–Crippen MR) is 90.7 cm³/mol. The van der Waals surface area contributed by atoms with Crippen LogP contribution in [0.3, 0.4) is 0 Å². The molecule has 0 radical (unpaired) electrons. The molecule has 1 heterocycles. The van der Waals surface area contributed by atoms with Gasteiger partial charge in [-0.25, -0.2) is 0 Å². The number of nitrogens with zero attached hydrogens (tertiary/aromatic N) is 4. The van der Waals surface area contributed by atoms with E-state index in [4.69, 9.17) is 0 Å². The standard InChI is InChI=1S/C18H22N4/c1-15-7-6-10-18(16(15)2)21-11-13-22(14-12-21)20-19-17-8-4-3-5-9-17/h3-10H,11-14H2,1-2H3. The van der Waals surface area contributed by atoms with E-state index in [0.717, 1.165) is 31.9 Å². The van der Waals surface area contributed by atoms with E-state index >= 15 is 0 Å². The maximum absolute atomic E-state index is 4.35. The van der Waals surface area contributed by atoms with Crippen LogP contribution in [0.25, 0.3) is 0 Å². The highest BCUT2D eigenvalue weighted by molar-refractivity contribution is 5.56. The summed E-state index contributed by atoms with van der Waals surface area (Å²) in [5, 5.41) is 10.7. The summed E-state index contributed by atoms with van der Waals surface area (Å²) in [7, 11) is 0. The quantitative estimate of drug-likeness (QED) is 0.797. The number of benzene rings is 2. The molecule has 0 atom stereocenters. The highest BCUT2D eigenvalue weighted by Gasteiger charge is 2.17. The van der Waals surface area contributed by atoms with Gasteiger partial charge in [0.25, 0.3) is 0 Å². The highest BCUT2D eigenvalue weighted by Crippen LogP contribution is 2.24. The Balaban J connectivity index is 1.61. The highest BCUT2D eigenvalue weighted by atomic mass is 15.6. The fourth-order valence-electron chi connectivity index (χ4n) is 2.71. The fourth-order valence-corrected chi connectivity index (χ4v) is 2.71. The molecule has 4 nitrogen and oxygen atoms in total. The first kappa shape index (κ1) is 14.6. The minimum atomic E-state index is 0.902. The molecule has 0 aromatic heterocycles. The molecule has 114 valence electrons. The largest absolute Gasteiger partial charge is 0.368 e. The van der Waals surface area contributed by atoms with Crippen molar-refractivity contribution in [3.05, 3.63) is 59.7 Å². The zero-order chi connectivity index (χ0) is 15.4. The zero-order valence-electron chi connectivity index (χ0n) is 13.2. The van der Waals surface area contributed by atoms with Crippen molar-refractivity contribution in [1.29, 1.82) is 0 Å². The van der Waals surface area contributed by atoms with Crippen LogP contribution in [0.4, 0.5) is 11.4 Å². The molecule has 0 bridgehead atoms. The van der Waals surface area contributed by atoms with Gasteiger partial charge in [0.1, 0.15) is 0 Å². The molecule has 0 aliphatic carbocycles. The Kier molecular flexibility index (Phi) is 4.37. The second-order valence-electron chi connectivity index (χ2n) is 5.68. The molecule has 0 amide bonds. The summed E-state index contributed by atoms with van der Waals surface area (Å²) in [6, 6.07) is 16.4. The van der Waals surface area contributed by atoms with Crippen LogP contribution in [-0.4, -0.2) is 31.2 Å². The molecule has 1 fully saturated rings. The maximum Gasteiger partial charge on any atom is 0.0874 e. The molecule has 3 rings (SSSR count). The molecule has 2 aromatic rings. The summed E-state index contributed by atoms with van der Waals surface area (Å²) < 4.78 is 0. The molecule has 0 unspecified atom stereocenters. The predicted octanol–water partition coefficient (Wildman–Crippen LogP) is 4.12. The summed E-state index contributed by atoms with van der Waals surface area (Å²) >= 11 is 0. The minimum Gasteiger partial charge on any atom is -0.368 e. The lowest BCUT2D eigenvalue weighted by molar-refractivity contribution is 0.254. The van der Waals surface area contributed by atoms with Gasteiger partial charge in [-0.1, -0.05) is 35.6 Å². The molecule has 1 saturated heterocycles. The van der Waals surface area contributed by atoms with Crippen LogP contribution < -0.4 is 4.90 Å². The second-order valence-corrected chi connectivity index (χ2v) is 5.68. The van der Waals surface area contributed by atoms with E-state index in [-0.39, 0.29) is 0 Å². The summed E-state index contributed by atoms with van der Waals surface area (Å²) in [6.07, 6.45) is 0. The van der Waals surface area contributed by atoms with Crippen LogP contribution >= 0.6 is 0 Å². The van der Waals surface area contributed by atoms with Gasteiger partial charge in [0.2, 0.25) is 0 Å². The Morgan fingerprint density at radius 1 is 0.818 bits per heavy atom. The summed E-state index contributed by atoms with van der Waals surface area (Å²) in [6.45, 7) is 8.15. The van der Waals surface area contributed by atoms with Gasteiger partial charge in [-0.15, -0.1) is 5.11 Å².